The highest BCUT2D eigenvalue weighted by atomic mass is 32.2. The maximum absolute atomic E-state index is 12.8. The molecule has 0 aliphatic rings. The first-order chi connectivity index (χ1) is 12.6. The summed E-state index contributed by atoms with van der Waals surface area (Å²) in [6.45, 7) is 5.31. The molecule has 0 saturated heterocycles. The van der Waals surface area contributed by atoms with Gasteiger partial charge in [0, 0.05) is 0 Å². The number of hydrogen-bond acceptors (Lipinski definition) is 4. The van der Waals surface area contributed by atoms with Gasteiger partial charge in [-0.3, -0.25) is 9.10 Å². The van der Waals surface area contributed by atoms with Gasteiger partial charge in [0.1, 0.15) is 11.8 Å². The Hall–Kier alpha value is -2.54. The van der Waals surface area contributed by atoms with Crippen molar-refractivity contribution in [1.29, 1.82) is 0 Å². The Kier molecular flexibility index (Phi) is 6.49. The molecule has 2 rings (SSSR count). The minimum atomic E-state index is -3.63. The summed E-state index contributed by atoms with van der Waals surface area (Å²) >= 11 is 0. The number of hydrogen-bond donors (Lipinski definition) is 1. The number of nitrogens with zero attached hydrogens (tertiary/aromatic N) is 1. The van der Waals surface area contributed by atoms with Crippen LogP contribution in [0.5, 0.6) is 5.75 Å². The van der Waals surface area contributed by atoms with E-state index >= 15 is 0 Å². The summed E-state index contributed by atoms with van der Waals surface area (Å²) in [4.78, 5) is 12.8. The quantitative estimate of drug-likeness (QED) is 0.788. The molecule has 2 atom stereocenters. The third kappa shape index (κ3) is 5.23. The Morgan fingerprint density at radius 1 is 1.11 bits per heavy atom. The lowest BCUT2D eigenvalue weighted by atomic mass is 10.1. The Morgan fingerprint density at radius 3 is 2.26 bits per heavy atom. The van der Waals surface area contributed by atoms with Crippen molar-refractivity contribution in [3.05, 3.63) is 59.7 Å². The highest BCUT2D eigenvalue weighted by Gasteiger charge is 2.29. The summed E-state index contributed by atoms with van der Waals surface area (Å²) in [5, 5.41) is 2.88. The van der Waals surface area contributed by atoms with Gasteiger partial charge in [0.05, 0.1) is 25.1 Å². The fourth-order valence-corrected chi connectivity index (χ4v) is 4.05. The summed E-state index contributed by atoms with van der Waals surface area (Å²) in [7, 11) is -2.04. The summed E-state index contributed by atoms with van der Waals surface area (Å²) in [5.41, 5.74) is 2.29. The summed E-state index contributed by atoms with van der Waals surface area (Å²) in [6, 6.07) is 13.3. The second-order valence-electron chi connectivity index (χ2n) is 6.58. The molecule has 6 nitrogen and oxygen atoms in total. The van der Waals surface area contributed by atoms with E-state index in [1.807, 2.05) is 44.2 Å². The van der Waals surface area contributed by atoms with Crippen LogP contribution >= 0.6 is 0 Å². The fourth-order valence-electron chi connectivity index (χ4n) is 2.88. The van der Waals surface area contributed by atoms with E-state index in [-0.39, 0.29) is 11.9 Å². The number of nitrogens with one attached hydrogen (secondary N) is 1. The lowest BCUT2D eigenvalue weighted by Crippen LogP contribution is -2.48. The second kappa shape index (κ2) is 8.43. The molecule has 1 N–H and O–H groups in total. The number of anilines is 1. The van der Waals surface area contributed by atoms with Crippen LogP contribution in [0.4, 0.5) is 5.69 Å². The van der Waals surface area contributed by atoms with Crippen LogP contribution in [0.3, 0.4) is 0 Å². The van der Waals surface area contributed by atoms with Crippen molar-refractivity contribution >= 4 is 21.6 Å². The lowest BCUT2D eigenvalue weighted by molar-refractivity contribution is -0.122. The van der Waals surface area contributed by atoms with Gasteiger partial charge in [-0.2, -0.15) is 0 Å². The average Bonchev–Trinajstić information content (AvgIpc) is 2.60. The molecule has 0 heterocycles. The molecule has 1 amide bonds. The van der Waals surface area contributed by atoms with E-state index in [9.17, 15) is 13.2 Å². The fraction of sp³-hybridized carbons (Fsp3) is 0.350. The highest BCUT2D eigenvalue weighted by Crippen LogP contribution is 2.23. The largest absolute Gasteiger partial charge is 0.497 e. The molecule has 0 saturated carbocycles. The van der Waals surface area contributed by atoms with E-state index in [4.69, 9.17) is 4.74 Å². The van der Waals surface area contributed by atoms with Crippen LogP contribution < -0.4 is 14.4 Å². The molecule has 0 bridgehead atoms. The number of methoxy groups -OCH3 is 1. The first-order valence-electron chi connectivity index (χ1n) is 8.64. The van der Waals surface area contributed by atoms with Gasteiger partial charge < -0.3 is 10.1 Å². The zero-order chi connectivity index (χ0) is 20.2. The zero-order valence-corrected chi connectivity index (χ0v) is 17.1. The topological polar surface area (TPSA) is 75.7 Å². The van der Waals surface area contributed by atoms with Crippen molar-refractivity contribution in [1.82, 2.24) is 5.32 Å². The molecular formula is C20H26N2O4S. The van der Waals surface area contributed by atoms with Gasteiger partial charge in [-0.05, 0) is 56.2 Å². The highest BCUT2D eigenvalue weighted by molar-refractivity contribution is 7.92. The van der Waals surface area contributed by atoms with Crippen LogP contribution in [0.15, 0.2) is 48.5 Å². The second-order valence-corrected chi connectivity index (χ2v) is 8.44. The predicted molar refractivity (Wildman–Crippen MR) is 108 cm³/mol. The Balaban J connectivity index is 2.21. The van der Waals surface area contributed by atoms with Gasteiger partial charge in [0.15, 0.2) is 0 Å². The van der Waals surface area contributed by atoms with Crippen LogP contribution in [0.25, 0.3) is 0 Å². The standard InChI is InChI=1S/C20H26N2O4S/c1-14-7-6-8-18(13-14)22(27(5,24)25)16(3)20(23)21-15(2)17-9-11-19(26-4)12-10-17/h6-13,15-16H,1-5H3,(H,21,23). The first-order valence-corrected chi connectivity index (χ1v) is 10.5. The average molecular weight is 391 g/mol. The normalized spacial score (nSPS) is 13.5. The number of carbonyl (C=O) groups is 1. The van der Waals surface area contributed by atoms with Gasteiger partial charge in [0.2, 0.25) is 15.9 Å². The molecule has 2 aromatic rings. The number of sulfonamides is 1. The monoisotopic (exact) mass is 390 g/mol. The van der Waals surface area contributed by atoms with Crippen LogP contribution in [0, 0.1) is 6.92 Å². The van der Waals surface area contributed by atoms with Gasteiger partial charge in [-0.15, -0.1) is 0 Å². The Morgan fingerprint density at radius 2 is 1.74 bits per heavy atom. The van der Waals surface area contributed by atoms with Gasteiger partial charge in [-0.1, -0.05) is 24.3 Å². The number of aryl methyl sites for hydroxylation is 1. The van der Waals surface area contributed by atoms with Gasteiger partial charge in [-0.25, -0.2) is 8.42 Å². The molecule has 0 spiro atoms. The number of amides is 1. The predicted octanol–water partition coefficient (Wildman–Crippen LogP) is 3.04. The minimum absolute atomic E-state index is 0.273. The SMILES string of the molecule is COc1ccc(C(C)NC(=O)C(C)N(c2cccc(C)c2)S(C)(=O)=O)cc1. The molecular weight excluding hydrogens is 364 g/mol. The molecule has 2 aromatic carbocycles. The molecule has 0 aliphatic carbocycles. The molecule has 0 aromatic heterocycles. The zero-order valence-electron chi connectivity index (χ0n) is 16.3. The van der Waals surface area contributed by atoms with Crippen LogP contribution in [0.2, 0.25) is 0 Å². The van der Waals surface area contributed by atoms with Crippen molar-refractivity contribution in [3.8, 4) is 5.75 Å². The van der Waals surface area contributed by atoms with E-state index in [0.29, 0.717) is 5.69 Å². The summed E-state index contributed by atoms with van der Waals surface area (Å²) in [6.07, 6.45) is 1.10. The van der Waals surface area contributed by atoms with Crippen molar-refractivity contribution in [2.24, 2.45) is 0 Å². The number of ether oxygens (including phenoxy) is 1. The maximum Gasteiger partial charge on any atom is 0.244 e. The first kappa shape index (κ1) is 20.8. The summed E-state index contributed by atoms with van der Waals surface area (Å²) in [5.74, 6) is 0.360. The third-order valence-corrected chi connectivity index (χ3v) is 5.56. The van der Waals surface area contributed by atoms with Gasteiger partial charge >= 0.3 is 0 Å². The van der Waals surface area contributed by atoms with Crippen LogP contribution in [-0.4, -0.2) is 33.7 Å². The molecule has 0 fully saturated rings. The molecule has 27 heavy (non-hydrogen) atoms. The Bertz CT molecular complexity index is 894. The van der Waals surface area contributed by atoms with E-state index in [1.54, 1.807) is 32.2 Å². The molecule has 7 heteroatoms. The van der Waals surface area contributed by atoms with Crippen LogP contribution in [-0.2, 0) is 14.8 Å². The number of benzene rings is 2. The smallest absolute Gasteiger partial charge is 0.244 e. The number of carbonyl (C=O) groups excluding carboxylic acids is 1. The molecule has 146 valence electrons. The minimum Gasteiger partial charge on any atom is -0.497 e. The maximum atomic E-state index is 12.8. The molecule has 0 aliphatic heterocycles. The van der Waals surface area contributed by atoms with Crippen molar-refractivity contribution < 1.29 is 17.9 Å². The van der Waals surface area contributed by atoms with Gasteiger partial charge in [0.25, 0.3) is 0 Å². The van der Waals surface area contributed by atoms with E-state index < -0.39 is 16.1 Å². The van der Waals surface area contributed by atoms with Crippen molar-refractivity contribution in [3.63, 3.8) is 0 Å². The molecule has 2 unspecified atom stereocenters. The summed E-state index contributed by atoms with van der Waals surface area (Å²) < 4.78 is 31.0. The van der Waals surface area contributed by atoms with E-state index in [0.717, 1.165) is 27.4 Å². The number of rotatable bonds is 7. The van der Waals surface area contributed by atoms with Crippen molar-refractivity contribution in [2.75, 3.05) is 17.7 Å². The third-order valence-electron chi connectivity index (χ3n) is 4.32. The Labute approximate surface area is 161 Å². The lowest BCUT2D eigenvalue weighted by Gasteiger charge is -2.29. The van der Waals surface area contributed by atoms with E-state index in [1.165, 1.54) is 0 Å². The van der Waals surface area contributed by atoms with Crippen LogP contribution in [0.1, 0.15) is 31.0 Å². The van der Waals surface area contributed by atoms with E-state index in [2.05, 4.69) is 5.32 Å². The molecule has 0 radical (unpaired) electrons. The van der Waals surface area contributed by atoms with Crippen molar-refractivity contribution in [2.45, 2.75) is 32.9 Å².